The SMILES string of the molecule is O=C(COc1ccc(C(=O)c2ccccc2)cc1)OCC(=O)c1ccc(Cl)c(Cl)c1. The lowest BCUT2D eigenvalue weighted by Gasteiger charge is -2.08. The average Bonchev–Trinajstić information content (AvgIpc) is 2.78. The number of benzene rings is 3. The van der Waals surface area contributed by atoms with E-state index < -0.39 is 18.4 Å². The molecule has 0 aliphatic heterocycles. The quantitative estimate of drug-likeness (QED) is 0.361. The lowest BCUT2D eigenvalue weighted by Crippen LogP contribution is -2.19. The molecule has 3 rings (SSSR count). The molecule has 0 aromatic heterocycles. The van der Waals surface area contributed by atoms with Gasteiger partial charge in [-0.05, 0) is 42.5 Å². The van der Waals surface area contributed by atoms with Crippen LogP contribution in [0.5, 0.6) is 5.75 Å². The first-order valence-electron chi connectivity index (χ1n) is 8.90. The van der Waals surface area contributed by atoms with Crippen LogP contribution in [0.1, 0.15) is 26.3 Å². The van der Waals surface area contributed by atoms with Crippen molar-refractivity contribution in [3.63, 3.8) is 0 Å². The third-order valence-electron chi connectivity index (χ3n) is 4.11. The summed E-state index contributed by atoms with van der Waals surface area (Å²) in [7, 11) is 0. The fraction of sp³-hybridized carbons (Fsp3) is 0.0870. The van der Waals surface area contributed by atoms with Crippen LogP contribution in [0.2, 0.25) is 10.0 Å². The molecule has 0 unspecified atom stereocenters. The number of hydrogen-bond donors (Lipinski definition) is 0. The Morgan fingerprint density at radius 3 is 2.00 bits per heavy atom. The second-order valence-corrected chi connectivity index (χ2v) is 7.04. The summed E-state index contributed by atoms with van der Waals surface area (Å²) in [6.07, 6.45) is 0. The van der Waals surface area contributed by atoms with Crippen LogP contribution in [0.25, 0.3) is 0 Å². The summed E-state index contributed by atoms with van der Waals surface area (Å²) in [6, 6.07) is 19.7. The van der Waals surface area contributed by atoms with Crippen molar-refractivity contribution >= 4 is 40.7 Å². The predicted octanol–water partition coefficient (Wildman–Crippen LogP) is 5.03. The maximum atomic E-state index is 12.4. The van der Waals surface area contributed by atoms with E-state index in [0.29, 0.717) is 21.9 Å². The summed E-state index contributed by atoms with van der Waals surface area (Å²) in [4.78, 5) is 36.3. The van der Waals surface area contributed by atoms with Crippen molar-refractivity contribution in [2.24, 2.45) is 0 Å². The first-order chi connectivity index (χ1) is 14.4. The molecule has 152 valence electrons. The van der Waals surface area contributed by atoms with Crippen LogP contribution in [0, 0.1) is 0 Å². The molecule has 0 saturated heterocycles. The van der Waals surface area contributed by atoms with Gasteiger partial charge in [-0.25, -0.2) is 4.79 Å². The van der Waals surface area contributed by atoms with Gasteiger partial charge in [0.25, 0.3) is 0 Å². The van der Waals surface area contributed by atoms with Crippen LogP contribution < -0.4 is 4.74 Å². The summed E-state index contributed by atoms with van der Waals surface area (Å²) < 4.78 is 10.3. The van der Waals surface area contributed by atoms with Crippen LogP contribution in [-0.4, -0.2) is 30.7 Å². The van der Waals surface area contributed by atoms with Crippen LogP contribution >= 0.6 is 23.2 Å². The summed E-state index contributed by atoms with van der Waals surface area (Å²) in [6.45, 7) is -0.814. The molecule has 5 nitrogen and oxygen atoms in total. The van der Waals surface area contributed by atoms with Gasteiger partial charge in [0.1, 0.15) is 5.75 Å². The zero-order valence-electron chi connectivity index (χ0n) is 15.6. The number of esters is 1. The van der Waals surface area contributed by atoms with E-state index >= 15 is 0 Å². The highest BCUT2D eigenvalue weighted by molar-refractivity contribution is 6.42. The number of carbonyl (C=O) groups excluding carboxylic acids is 3. The van der Waals surface area contributed by atoms with Crippen molar-refractivity contribution in [3.05, 3.63) is 99.5 Å². The van der Waals surface area contributed by atoms with Gasteiger partial charge in [-0.15, -0.1) is 0 Å². The molecule has 3 aromatic carbocycles. The second kappa shape index (κ2) is 10.1. The Hall–Kier alpha value is -3.15. The molecule has 7 heteroatoms. The summed E-state index contributed by atoms with van der Waals surface area (Å²) >= 11 is 11.7. The molecule has 0 radical (unpaired) electrons. The molecular weight excluding hydrogens is 427 g/mol. The largest absolute Gasteiger partial charge is 0.482 e. The van der Waals surface area contributed by atoms with Crippen molar-refractivity contribution in [2.75, 3.05) is 13.2 Å². The third-order valence-corrected chi connectivity index (χ3v) is 4.85. The van der Waals surface area contributed by atoms with Crippen molar-refractivity contribution < 1.29 is 23.9 Å². The third kappa shape index (κ3) is 5.69. The molecule has 0 aliphatic rings. The lowest BCUT2D eigenvalue weighted by atomic mass is 10.0. The Morgan fingerprint density at radius 2 is 1.33 bits per heavy atom. The van der Waals surface area contributed by atoms with Gasteiger partial charge in [-0.1, -0.05) is 53.5 Å². The molecule has 0 saturated carbocycles. The summed E-state index contributed by atoms with van der Waals surface area (Å²) in [5.74, 6) is -0.826. The number of rotatable bonds is 8. The molecule has 0 N–H and O–H groups in total. The molecule has 0 heterocycles. The molecule has 30 heavy (non-hydrogen) atoms. The first kappa shape index (κ1) is 21.6. The Balaban J connectivity index is 1.48. The van der Waals surface area contributed by atoms with Crippen LogP contribution in [-0.2, 0) is 9.53 Å². The molecule has 0 spiro atoms. The van der Waals surface area contributed by atoms with Crippen molar-refractivity contribution in [1.29, 1.82) is 0 Å². The van der Waals surface area contributed by atoms with Gasteiger partial charge >= 0.3 is 5.97 Å². The van der Waals surface area contributed by atoms with E-state index in [1.54, 1.807) is 48.5 Å². The van der Waals surface area contributed by atoms with Crippen molar-refractivity contribution in [3.8, 4) is 5.75 Å². The highest BCUT2D eigenvalue weighted by Crippen LogP contribution is 2.22. The number of hydrogen-bond acceptors (Lipinski definition) is 5. The van der Waals surface area contributed by atoms with Gasteiger partial charge in [-0.3, -0.25) is 9.59 Å². The smallest absolute Gasteiger partial charge is 0.344 e. The highest BCUT2D eigenvalue weighted by Gasteiger charge is 2.13. The number of ketones is 2. The van der Waals surface area contributed by atoms with E-state index in [4.69, 9.17) is 32.7 Å². The maximum absolute atomic E-state index is 12.4. The van der Waals surface area contributed by atoms with Crippen molar-refractivity contribution in [2.45, 2.75) is 0 Å². The van der Waals surface area contributed by atoms with E-state index in [0.717, 1.165) is 0 Å². The molecule has 3 aromatic rings. The Morgan fingerprint density at radius 1 is 0.700 bits per heavy atom. The van der Waals surface area contributed by atoms with Gasteiger partial charge in [0.15, 0.2) is 24.8 Å². The molecule has 0 bridgehead atoms. The van der Waals surface area contributed by atoms with Gasteiger partial charge < -0.3 is 9.47 Å². The second-order valence-electron chi connectivity index (χ2n) is 6.22. The van der Waals surface area contributed by atoms with Crippen molar-refractivity contribution in [1.82, 2.24) is 0 Å². The molecule has 0 fully saturated rings. The van der Waals surface area contributed by atoms with Crippen LogP contribution in [0.15, 0.2) is 72.8 Å². The van der Waals surface area contributed by atoms with Gasteiger partial charge in [0.2, 0.25) is 0 Å². The van der Waals surface area contributed by atoms with Gasteiger partial charge in [0.05, 0.1) is 10.0 Å². The van der Waals surface area contributed by atoms with E-state index in [1.807, 2.05) is 6.07 Å². The lowest BCUT2D eigenvalue weighted by molar-refractivity contribution is -0.144. The fourth-order valence-electron chi connectivity index (χ4n) is 2.54. The number of carbonyl (C=O) groups is 3. The zero-order valence-corrected chi connectivity index (χ0v) is 17.2. The minimum absolute atomic E-state index is 0.109. The predicted molar refractivity (Wildman–Crippen MR) is 114 cm³/mol. The topological polar surface area (TPSA) is 69.7 Å². The highest BCUT2D eigenvalue weighted by atomic mass is 35.5. The standard InChI is InChI=1S/C23H16Cl2O5/c24-19-11-8-17(12-20(19)25)21(26)13-30-22(27)14-29-18-9-6-16(7-10-18)23(28)15-4-2-1-3-5-15/h1-12H,13-14H2. The fourth-order valence-corrected chi connectivity index (χ4v) is 2.84. The molecule has 0 atom stereocenters. The Bertz CT molecular complexity index is 1060. The first-order valence-corrected chi connectivity index (χ1v) is 9.66. The number of halogens is 2. The Kier molecular flexibility index (Phi) is 7.22. The van der Waals surface area contributed by atoms with E-state index in [1.165, 1.54) is 18.2 Å². The summed E-state index contributed by atoms with van der Waals surface area (Å²) in [5.41, 5.74) is 1.38. The van der Waals surface area contributed by atoms with E-state index in [2.05, 4.69) is 0 Å². The monoisotopic (exact) mass is 442 g/mol. The van der Waals surface area contributed by atoms with E-state index in [9.17, 15) is 14.4 Å². The van der Waals surface area contributed by atoms with Gasteiger partial charge in [0, 0.05) is 16.7 Å². The van der Waals surface area contributed by atoms with Crippen LogP contribution in [0.3, 0.4) is 0 Å². The minimum Gasteiger partial charge on any atom is -0.482 e. The summed E-state index contributed by atoms with van der Waals surface area (Å²) in [5, 5.41) is 0.571. The Labute approximate surface area is 183 Å². The van der Waals surface area contributed by atoms with Gasteiger partial charge in [-0.2, -0.15) is 0 Å². The molecule has 0 amide bonds. The van der Waals surface area contributed by atoms with E-state index in [-0.39, 0.29) is 23.0 Å². The zero-order chi connectivity index (χ0) is 21.5. The number of ether oxygens (including phenoxy) is 2. The maximum Gasteiger partial charge on any atom is 0.344 e. The minimum atomic E-state index is -0.701. The molecule has 0 aliphatic carbocycles. The van der Waals surface area contributed by atoms with Crippen LogP contribution in [0.4, 0.5) is 0 Å². The molecular formula is C23H16Cl2O5. The number of Topliss-reactive ketones (excluding diaryl/α,β-unsaturated/α-hetero) is 1. The normalized spacial score (nSPS) is 10.3. The average molecular weight is 443 g/mol.